The Morgan fingerprint density at radius 2 is 2.19 bits per heavy atom. The lowest BCUT2D eigenvalue weighted by molar-refractivity contribution is 0.0738. The number of aromatic amines is 1. The Bertz CT molecular complexity index is 948. The van der Waals surface area contributed by atoms with Crippen molar-refractivity contribution in [1.29, 1.82) is 5.26 Å². The summed E-state index contributed by atoms with van der Waals surface area (Å²) in [5.74, 6) is -0.461. The lowest BCUT2D eigenvalue weighted by Crippen LogP contribution is -2.19. The van der Waals surface area contributed by atoms with E-state index in [9.17, 15) is 15.2 Å². The molecule has 6 nitrogen and oxygen atoms in total. The molecule has 7 heteroatoms. The number of halogens is 1. The summed E-state index contributed by atoms with van der Waals surface area (Å²) in [5.41, 5.74) is 1.82. The number of amides is 1. The number of anilines is 1. The van der Waals surface area contributed by atoms with Crippen molar-refractivity contribution in [3.8, 4) is 6.07 Å². The van der Waals surface area contributed by atoms with E-state index >= 15 is 0 Å². The van der Waals surface area contributed by atoms with E-state index < -0.39 is 11.5 Å². The lowest BCUT2D eigenvalue weighted by Gasteiger charge is -2.17. The predicted molar refractivity (Wildman–Crippen MR) is 107 cm³/mol. The normalized spacial score (nSPS) is 14.4. The largest absolute Gasteiger partial charge is 0.384 e. The fourth-order valence-electron chi connectivity index (χ4n) is 3.16. The summed E-state index contributed by atoms with van der Waals surface area (Å²) >= 11 is 3.50. The van der Waals surface area contributed by atoms with E-state index in [4.69, 9.17) is 0 Å². The molecule has 0 radical (unpaired) electrons. The van der Waals surface area contributed by atoms with Crippen LogP contribution < -0.4 is 5.32 Å². The van der Waals surface area contributed by atoms with Gasteiger partial charge in [0.05, 0.1) is 5.69 Å². The first-order valence-electron chi connectivity index (χ1n) is 8.83. The van der Waals surface area contributed by atoms with Crippen molar-refractivity contribution >= 4 is 33.1 Å². The van der Waals surface area contributed by atoms with E-state index in [1.54, 1.807) is 0 Å². The quantitative estimate of drug-likeness (QED) is 0.667. The fraction of sp³-hybridized carbons (Fsp3) is 0.350. The molecule has 1 aromatic carbocycles. The van der Waals surface area contributed by atoms with E-state index in [1.165, 1.54) is 25.8 Å². The van der Waals surface area contributed by atoms with Gasteiger partial charge in [0.2, 0.25) is 0 Å². The number of H-pyrrole nitrogens is 1. The Balaban J connectivity index is 1.92. The third-order valence-corrected chi connectivity index (χ3v) is 5.00. The van der Waals surface area contributed by atoms with Gasteiger partial charge in [0, 0.05) is 15.7 Å². The SMILES string of the molecule is CC(C)(O)c1[nH]c(C(=O)Nc2ccc(Br)cc2C2=CCCCC2)nc1C#N. The highest BCUT2D eigenvalue weighted by Crippen LogP contribution is 2.34. The van der Waals surface area contributed by atoms with E-state index in [1.807, 2.05) is 24.3 Å². The van der Waals surface area contributed by atoms with Crippen molar-refractivity contribution in [3.05, 3.63) is 51.5 Å². The van der Waals surface area contributed by atoms with Crippen LogP contribution in [0.2, 0.25) is 0 Å². The van der Waals surface area contributed by atoms with E-state index in [0.29, 0.717) is 5.69 Å². The Labute approximate surface area is 166 Å². The highest BCUT2D eigenvalue weighted by Gasteiger charge is 2.26. The van der Waals surface area contributed by atoms with E-state index in [-0.39, 0.29) is 17.2 Å². The second-order valence-corrected chi connectivity index (χ2v) is 8.01. The van der Waals surface area contributed by atoms with Crippen molar-refractivity contribution < 1.29 is 9.90 Å². The predicted octanol–water partition coefficient (Wildman–Crippen LogP) is 4.48. The van der Waals surface area contributed by atoms with Crippen LogP contribution in [0.1, 0.15) is 67.1 Å². The Morgan fingerprint density at radius 1 is 1.41 bits per heavy atom. The molecule has 0 saturated heterocycles. The van der Waals surface area contributed by atoms with Crippen LogP contribution in [-0.4, -0.2) is 21.0 Å². The van der Waals surface area contributed by atoms with Crippen LogP contribution in [0.5, 0.6) is 0 Å². The first kappa shape index (κ1) is 19.3. The molecule has 1 aromatic heterocycles. The molecule has 1 amide bonds. The molecule has 1 heterocycles. The van der Waals surface area contributed by atoms with Gasteiger partial charge in [0.25, 0.3) is 5.91 Å². The average molecular weight is 429 g/mol. The third kappa shape index (κ3) is 4.29. The average Bonchev–Trinajstić information content (AvgIpc) is 3.09. The lowest BCUT2D eigenvalue weighted by atomic mass is 9.92. The highest BCUT2D eigenvalue weighted by atomic mass is 79.9. The summed E-state index contributed by atoms with van der Waals surface area (Å²) in [6.45, 7) is 3.07. The maximum Gasteiger partial charge on any atom is 0.291 e. The standard InChI is InChI=1S/C20H21BrN4O2/c1-20(2,27)17-16(11-22)23-18(25-17)19(26)24-15-9-8-13(21)10-14(15)12-6-4-3-5-7-12/h6,8-10,27H,3-5,7H2,1-2H3,(H,23,25)(H,24,26). The van der Waals surface area contributed by atoms with Gasteiger partial charge in [-0.1, -0.05) is 22.0 Å². The number of aliphatic hydroxyl groups is 1. The van der Waals surface area contributed by atoms with Crippen molar-refractivity contribution in [1.82, 2.24) is 9.97 Å². The number of nitriles is 1. The number of imidazole rings is 1. The minimum atomic E-state index is -1.30. The van der Waals surface area contributed by atoms with Gasteiger partial charge in [-0.05, 0) is 63.3 Å². The summed E-state index contributed by atoms with van der Waals surface area (Å²) in [6.07, 6.45) is 6.54. The van der Waals surface area contributed by atoms with Gasteiger partial charge in [0.1, 0.15) is 11.7 Å². The minimum Gasteiger partial charge on any atom is -0.384 e. The molecule has 140 valence electrons. The molecule has 1 aliphatic carbocycles. The molecule has 0 fully saturated rings. The Kier molecular flexibility index (Phi) is 5.49. The number of nitrogens with zero attached hydrogens (tertiary/aromatic N) is 2. The minimum absolute atomic E-state index is 0.00447. The van der Waals surface area contributed by atoms with Crippen LogP contribution in [0, 0.1) is 11.3 Å². The number of benzene rings is 1. The second-order valence-electron chi connectivity index (χ2n) is 7.10. The number of carbonyl (C=O) groups is 1. The Morgan fingerprint density at radius 3 is 2.78 bits per heavy atom. The summed E-state index contributed by atoms with van der Waals surface area (Å²) in [6, 6.07) is 7.63. The number of rotatable bonds is 4. The molecule has 3 rings (SSSR count). The third-order valence-electron chi connectivity index (χ3n) is 4.50. The van der Waals surface area contributed by atoms with Crippen molar-refractivity contribution in [2.45, 2.75) is 45.1 Å². The molecular formula is C20H21BrN4O2. The molecule has 27 heavy (non-hydrogen) atoms. The van der Waals surface area contributed by atoms with Crippen LogP contribution in [0.3, 0.4) is 0 Å². The number of carbonyl (C=O) groups excluding carboxylic acids is 1. The van der Waals surface area contributed by atoms with E-state index in [0.717, 1.165) is 29.3 Å². The molecule has 0 saturated carbocycles. The van der Waals surface area contributed by atoms with E-state index in [2.05, 4.69) is 37.3 Å². The summed E-state index contributed by atoms with van der Waals surface area (Å²) in [5, 5.41) is 22.3. The van der Waals surface area contributed by atoms with Crippen molar-refractivity contribution in [2.75, 3.05) is 5.32 Å². The molecule has 2 aromatic rings. The highest BCUT2D eigenvalue weighted by molar-refractivity contribution is 9.10. The zero-order chi connectivity index (χ0) is 19.6. The van der Waals surface area contributed by atoms with Crippen LogP contribution in [-0.2, 0) is 5.60 Å². The number of nitrogens with one attached hydrogen (secondary N) is 2. The van der Waals surface area contributed by atoms with Crippen LogP contribution in [0.25, 0.3) is 5.57 Å². The van der Waals surface area contributed by atoms with Crippen molar-refractivity contribution in [2.24, 2.45) is 0 Å². The van der Waals surface area contributed by atoms with Crippen LogP contribution in [0.15, 0.2) is 28.7 Å². The fourth-order valence-corrected chi connectivity index (χ4v) is 3.52. The molecule has 0 unspecified atom stereocenters. The number of allylic oxidation sites excluding steroid dienone is 2. The Hall–Kier alpha value is -2.43. The molecule has 0 spiro atoms. The number of hydrogen-bond acceptors (Lipinski definition) is 4. The summed E-state index contributed by atoms with van der Waals surface area (Å²) in [4.78, 5) is 19.5. The molecule has 0 atom stereocenters. The second kappa shape index (κ2) is 7.67. The zero-order valence-electron chi connectivity index (χ0n) is 15.3. The number of aromatic nitrogens is 2. The molecule has 1 aliphatic rings. The maximum absolute atomic E-state index is 12.7. The monoisotopic (exact) mass is 428 g/mol. The van der Waals surface area contributed by atoms with Crippen molar-refractivity contribution in [3.63, 3.8) is 0 Å². The maximum atomic E-state index is 12.7. The van der Waals surface area contributed by atoms with Gasteiger partial charge >= 0.3 is 0 Å². The van der Waals surface area contributed by atoms with Crippen LogP contribution in [0.4, 0.5) is 5.69 Å². The topological polar surface area (TPSA) is 102 Å². The first-order chi connectivity index (χ1) is 12.8. The van der Waals surface area contributed by atoms with Gasteiger partial charge in [-0.15, -0.1) is 0 Å². The number of hydrogen-bond donors (Lipinski definition) is 3. The zero-order valence-corrected chi connectivity index (χ0v) is 16.9. The molecule has 0 aliphatic heterocycles. The molecule has 3 N–H and O–H groups in total. The van der Waals surface area contributed by atoms with Gasteiger partial charge in [-0.3, -0.25) is 4.79 Å². The van der Waals surface area contributed by atoms with Crippen LogP contribution >= 0.6 is 15.9 Å². The molecule has 0 bridgehead atoms. The summed E-state index contributed by atoms with van der Waals surface area (Å²) in [7, 11) is 0. The van der Waals surface area contributed by atoms with Gasteiger partial charge in [0.15, 0.2) is 11.5 Å². The smallest absolute Gasteiger partial charge is 0.291 e. The van der Waals surface area contributed by atoms with Gasteiger partial charge < -0.3 is 15.4 Å². The first-order valence-corrected chi connectivity index (χ1v) is 9.62. The summed E-state index contributed by atoms with van der Waals surface area (Å²) < 4.78 is 0.941. The van der Waals surface area contributed by atoms with Gasteiger partial charge in [-0.25, -0.2) is 4.98 Å². The molecular weight excluding hydrogens is 408 g/mol. The van der Waals surface area contributed by atoms with Gasteiger partial charge in [-0.2, -0.15) is 5.26 Å².